The molecule has 0 spiro atoms. The van der Waals surface area contributed by atoms with Crippen molar-refractivity contribution in [3.63, 3.8) is 0 Å². The van der Waals surface area contributed by atoms with E-state index >= 15 is 0 Å². The van der Waals surface area contributed by atoms with Crippen molar-refractivity contribution in [1.82, 2.24) is 4.98 Å². The number of alkyl halides is 3. The topological polar surface area (TPSA) is 16.1 Å². The molecule has 1 rings (SSSR count). The van der Waals surface area contributed by atoms with Gasteiger partial charge in [0.1, 0.15) is 0 Å². The summed E-state index contributed by atoms with van der Waals surface area (Å²) in [6, 6.07) is 1.05. The molecule has 90 valence electrons. The molecule has 0 atom stereocenters. The van der Waals surface area contributed by atoms with E-state index < -0.39 is 18.8 Å². The number of aromatic nitrogens is 1. The van der Waals surface area contributed by atoms with Crippen LogP contribution in [-0.2, 0) is 0 Å². The summed E-state index contributed by atoms with van der Waals surface area (Å²) in [6.07, 6.45) is -1.32. The highest BCUT2D eigenvalue weighted by molar-refractivity contribution is 9.09. The Morgan fingerprint density at radius 2 is 2.19 bits per heavy atom. The zero-order valence-electron chi connectivity index (χ0n) is 8.14. The molecule has 1 heterocycles. The van der Waals surface area contributed by atoms with Gasteiger partial charge in [-0.25, -0.2) is 18.2 Å². The van der Waals surface area contributed by atoms with Gasteiger partial charge in [0.25, 0.3) is 6.43 Å². The van der Waals surface area contributed by atoms with Crippen LogP contribution in [0.4, 0.5) is 19.0 Å². The van der Waals surface area contributed by atoms with Crippen molar-refractivity contribution in [3.05, 3.63) is 23.1 Å². The Kier molecular flexibility index (Phi) is 5.34. The highest BCUT2D eigenvalue weighted by Gasteiger charge is 2.17. The van der Waals surface area contributed by atoms with Gasteiger partial charge in [0, 0.05) is 18.1 Å². The highest BCUT2D eigenvalue weighted by Crippen LogP contribution is 2.20. The maximum atomic E-state index is 13.4. The van der Waals surface area contributed by atoms with Crippen LogP contribution in [-0.4, -0.2) is 29.8 Å². The molecule has 16 heavy (non-hydrogen) atoms. The first-order chi connectivity index (χ1) is 7.54. The van der Waals surface area contributed by atoms with E-state index in [1.165, 1.54) is 11.1 Å². The van der Waals surface area contributed by atoms with Crippen LogP contribution in [0.2, 0.25) is 5.02 Å². The summed E-state index contributed by atoms with van der Waals surface area (Å²) in [7, 11) is 0. The minimum absolute atomic E-state index is 0.107. The second-order valence-corrected chi connectivity index (χ2v) is 4.21. The molecule has 0 amide bonds. The van der Waals surface area contributed by atoms with Gasteiger partial charge in [-0.3, -0.25) is 0 Å². The number of hydrogen-bond donors (Lipinski definition) is 0. The molecule has 1 aromatic heterocycles. The molecule has 1 aromatic rings. The number of pyridine rings is 1. The zero-order valence-corrected chi connectivity index (χ0v) is 10.5. The van der Waals surface area contributed by atoms with Crippen LogP contribution < -0.4 is 4.90 Å². The lowest BCUT2D eigenvalue weighted by Gasteiger charge is -2.22. The van der Waals surface area contributed by atoms with Crippen LogP contribution in [0.5, 0.6) is 0 Å². The second kappa shape index (κ2) is 6.30. The van der Waals surface area contributed by atoms with E-state index in [2.05, 4.69) is 20.9 Å². The second-order valence-electron chi connectivity index (χ2n) is 2.99. The molecule has 7 heteroatoms. The van der Waals surface area contributed by atoms with Crippen molar-refractivity contribution in [1.29, 1.82) is 0 Å². The Labute approximate surface area is 105 Å². The minimum Gasteiger partial charge on any atom is -0.348 e. The van der Waals surface area contributed by atoms with Crippen molar-refractivity contribution in [2.45, 2.75) is 6.43 Å². The molecule has 0 aliphatic carbocycles. The third kappa shape index (κ3) is 3.83. The lowest BCUT2D eigenvalue weighted by atomic mass is 10.4. The van der Waals surface area contributed by atoms with E-state index in [-0.39, 0.29) is 17.4 Å². The number of nitrogens with zero attached hydrogens (tertiary/aromatic N) is 2. The summed E-state index contributed by atoms with van der Waals surface area (Å²) in [4.78, 5) is 4.89. The minimum atomic E-state index is -2.55. The first-order valence-corrected chi connectivity index (χ1v) is 5.94. The van der Waals surface area contributed by atoms with Crippen molar-refractivity contribution in [2.24, 2.45) is 0 Å². The predicted molar refractivity (Wildman–Crippen MR) is 61.2 cm³/mol. The van der Waals surface area contributed by atoms with Gasteiger partial charge in [-0.05, 0) is 6.07 Å². The molecule has 0 aliphatic heterocycles. The Morgan fingerprint density at radius 1 is 1.50 bits per heavy atom. The molecule has 0 N–H and O–H groups in total. The maximum Gasteiger partial charge on any atom is 0.255 e. The van der Waals surface area contributed by atoms with E-state index in [1.807, 2.05) is 0 Å². The zero-order chi connectivity index (χ0) is 12.1. The molecule has 0 aromatic carbocycles. The lowest BCUT2D eigenvalue weighted by Crippen LogP contribution is -2.32. The Bertz CT molecular complexity index is 352. The normalized spacial score (nSPS) is 10.9. The summed E-state index contributed by atoms with van der Waals surface area (Å²) in [6.45, 7) is -0.312. The van der Waals surface area contributed by atoms with E-state index in [1.54, 1.807) is 0 Å². The number of rotatable bonds is 5. The smallest absolute Gasteiger partial charge is 0.255 e. The van der Waals surface area contributed by atoms with Crippen molar-refractivity contribution < 1.29 is 13.2 Å². The standard InChI is InChI=1S/C9H9BrClF3N2/c10-1-2-16(5-8(13)14)9-7(12)3-6(11)4-15-9/h3-4,8H,1-2,5H2. The average Bonchev–Trinajstić information content (AvgIpc) is 2.16. The summed E-state index contributed by atoms with van der Waals surface area (Å²) >= 11 is 8.64. The number of anilines is 1. The van der Waals surface area contributed by atoms with Gasteiger partial charge in [0.15, 0.2) is 11.6 Å². The highest BCUT2D eigenvalue weighted by atomic mass is 79.9. The third-order valence-corrected chi connectivity index (χ3v) is 2.36. The van der Waals surface area contributed by atoms with Crippen LogP contribution in [0.15, 0.2) is 12.3 Å². The fraction of sp³-hybridized carbons (Fsp3) is 0.444. The Morgan fingerprint density at radius 3 is 2.69 bits per heavy atom. The molecular weight excluding hydrogens is 308 g/mol. The molecule has 2 nitrogen and oxygen atoms in total. The fourth-order valence-electron chi connectivity index (χ4n) is 1.19. The van der Waals surface area contributed by atoms with Gasteiger partial charge in [0.05, 0.1) is 11.6 Å². The van der Waals surface area contributed by atoms with Crippen molar-refractivity contribution in [3.8, 4) is 0 Å². The largest absolute Gasteiger partial charge is 0.348 e. The van der Waals surface area contributed by atoms with Gasteiger partial charge >= 0.3 is 0 Å². The molecule has 0 fully saturated rings. The van der Waals surface area contributed by atoms with Gasteiger partial charge in [-0.2, -0.15) is 0 Å². The van der Waals surface area contributed by atoms with Gasteiger partial charge in [-0.15, -0.1) is 0 Å². The van der Waals surface area contributed by atoms with Gasteiger partial charge in [-0.1, -0.05) is 27.5 Å². The number of hydrogen-bond acceptors (Lipinski definition) is 2. The van der Waals surface area contributed by atoms with E-state index in [0.717, 1.165) is 6.07 Å². The van der Waals surface area contributed by atoms with Crippen LogP contribution >= 0.6 is 27.5 Å². The number of halogens is 5. The van der Waals surface area contributed by atoms with E-state index in [4.69, 9.17) is 11.6 Å². The summed E-state index contributed by atoms with van der Waals surface area (Å²) in [5.74, 6) is -0.807. The van der Waals surface area contributed by atoms with Crippen LogP contribution in [0.1, 0.15) is 0 Å². The molecular formula is C9H9BrClF3N2. The predicted octanol–water partition coefficient (Wildman–Crippen LogP) is 3.34. The summed E-state index contributed by atoms with van der Waals surface area (Å²) in [5.41, 5.74) is 0. The Hall–Kier alpha value is -0.490. The van der Waals surface area contributed by atoms with Crippen molar-refractivity contribution in [2.75, 3.05) is 23.3 Å². The maximum absolute atomic E-state index is 13.4. The van der Waals surface area contributed by atoms with Crippen LogP contribution in [0, 0.1) is 5.82 Å². The summed E-state index contributed by atoms with van der Waals surface area (Å²) in [5, 5.41) is 0.584. The average molecular weight is 318 g/mol. The van der Waals surface area contributed by atoms with E-state index in [9.17, 15) is 13.2 Å². The van der Waals surface area contributed by atoms with Crippen molar-refractivity contribution >= 4 is 33.3 Å². The van der Waals surface area contributed by atoms with Crippen LogP contribution in [0.25, 0.3) is 0 Å². The molecule has 0 aliphatic rings. The molecule has 0 bridgehead atoms. The molecule has 0 radical (unpaired) electrons. The first kappa shape index (κ1) is 13.6. The first-order valence-electron chi connectivity index (χ1n) is 4.44. The third-order valence-electron chi connectivity index (χ3n) is 1.80. The SMILES string of the molecule is Fc1cc(Cl)cnc1N(CCBr)CC(F)F. The van der Waals surface area contributed by atoms with Gasteiger partial charge < -0.3 is 4.90 Å². The molecule has 0 unspecified atom stereocenters. The monoisotopic (exact) mass is 316 g/mol. The molecule has 0 saturated heterocycles. The Balaban J connectivity index is 2.91. The molecule has 0 saturated carbocycles. The van der Waals surface area contributed by atoms with Gasteiger partial charge in [0.2, 0.25) is 0 Å². The summed E-state index contributed by atoms with van der Waals surface area (Å²) < 4.78 is 38.0. The lowest BCUT2D eigenvalue weighted by molar-refractivity contribution is 0.155. The quantitative estimate of drug-likeness (QED) is 0.774. The van der Waals surface area contributed by atoms with E-state index in [0.29, 0.717) is 5.33 Å². The van der Waals surface area contributed by atoms with Crippen LogP contribution in [0.3, 0.4) is 0 Å². The fourth-order valence-corrected chi connectivity index (χ4v) is 1.76.